The van der Waals surface area contributed by atoms with Gasteiger partial charge in [0.15, 0.2) is 0 Å². The molecule has 22 heavy (non-hydrogen) atoms. The van der Waals surface area contributed by atoms with E-state index < -0.39 is 0 Å². The predicted molar refractivity (Wildman–Crippen MR) is 89.2 cm³/mol. The van der Waals surface area contributed by atoms with Gasteiger partial charge in [-0.15, -0.1) is 0 Å². The molecule has 0 aliphatic carbocycles. The third-order valence-corrected chi connectivity index (χ3v) is 4.14. The van der Waals surface area contributed by atoms with Crippen LogP contribution in [-0.2, 0) is 16.6 Å². The Kier molecular flexibility index (Phi) is 5.46. The van der Waals surface area contributed by atoms with Gasteiger partial charge >= 0.3 is 6.03 Å². The average Bonchev–Trinajstić information content (AvgIpc) is 2.47. The van der Waals surface area contributed by atoms with Crippen LogP contribution in [0, 0.1) is 0 Å². The maximum absolute atomic E-state index is 12.1. The number of carbonyl (C=O) groups is 1. The lowest BCUT2D eigenvalue weighted by molar-refractivity contribution is 0.0191. The molecule has 4 heteroatoms. The van der Waals surface area contributed by atoms with Crippen LogP contribution in [0.5, 0.6) is 0 Å². The van der Waals surface area contributed by atoms with Gasteiger partial charge in [-0.2, -0.15) is 0 Å². The van der Waals surface area contributed by atoms with Gasteiger partial charge in [-0.05, 0) is 29.9 Å². The van der Waals surface area contributed by atoms with Gasteiger partial charge in [-0.1, -0.05) is 45.0 Å². The number of morpholine rings is 1. The van der Waals surface area contributed by atoms with E-state index in [1.807, 2.05) is 11.8 Å². The summed E-state index contributed by atoms with van der Waals surface area (Å²) < 4.78 is 5.35. The Labute approximate surface area is 133 Å². The van der Waals surface area contributed by atoms with Crippen molar-refractivity contribution in [2.24, 2.45) is 0 Å². The number of amides is 2. The Balaban J connectivity index is 1.79. The zero-order chi connectivity index (χ0) is 16.2. The number of benzene rings is 1. The van der Waals surface area contributed by atoms with Gasteiger partial charge in [0.25, 0.3) is 0 Å². The van der Waals surface area contributed by atoms with Gasteiger partial charge in [0, 0.05) is 13.1 Å². The molecule has 1 aliphatic rings. The minimum Gasteiger partial charge on any atom is -0.377 e. The molecule has 1 aromatic carbocycles. The summed E-state index contributed by atoms with van der Waals surface area (Å²) in [6.07, 6.45) is 0.856. The number of rotatable bonds is 3. The van der Waals surface area contributed by atoms with E-state index in [1.54, 1.807) is 0 Å². The summed E-state index contributed by atoms with van der Waals surface area (Å²) in [5.41, 5.74) is 2.77. The smallest absolute Gasteiger partial charge is 0.317 e. The zero-order valence-corrected chi connectivity index (χ0v) is 14.2. The lowest BCUT2D eigenvalue weighted by atomic mass is 9.86. The molecule has 1 aliphatic heterocycles. The lowest BCUT2D eigenvalue weighted by Gasteiger charge is -2.33. The third kappa shape index (κ3) is 4.47. The van der Waals surface area contributed by atoms with Crippen molar-refractivity contribution >= 4 is 6.03 Å². The first-order valence-electron chi connectivity index (χ1n) is 8.09. The fraction of sp³-hybridized carbons (Fsp3) is 0.611. The van der Waals surface area contributed by atoms with Crippen molar-refractivity contribution in [2.75, 3.05) is 26.3 Å². The van der Waals surface area contributed by atoms with Crippen molar-refractivity contribution < 1.29 is 9.53 Å². The molecule has 1 fully saturated rings. The summed E-state index contributed by atoms with van der Waals surface area (Å²) in [6.45, 7) is 11.3. The molecule has 1 aromatic rings. The first-order valence-corrected chi connectivity index (χ1v) is 8.09. The monoisotopic (exact) mass is 304 g/mol. The van der Waals surface area contributed by atoms with Crippen molar-refractivity contribution in [3.8, 4) is 0 Å². The maximum atomic E-state index is 12.1. The summed E-state index contributed by atoms with van der Waals surface area (Å²) in [5.74, 6) is 0. The van der Waals surface area contributed by atoms with Crippen LogP contribution < -0.4 is 5.32 Å². The van der Waals surface area contributed by atoms with E-state index in [4.69, 9.17) is 4.74 Å². The van der Waals surface area contributed by atoms with Crippen LogP contribution in [0.15, 0.2) is 24.3 Å². The predicted octanol–water partition coefficient (Wildman–Crippen LogP) is 2.96. The van der Waals surface area contributed by atoms with Crippen molar-refractivity contribution in [3.05, 3.63) is 35.4 Å². The van der Waals surface area contributed by atoms with Crippen LogP contribution >= 0.6 is 0 Å². The van der Waals surface area contributed by atoms with Crippen molar-refractivity contribution in [2.45, 2.75) is 45.6 Å². The molecular weight excluding hydrogens is 276 g/mol. The summed E-state index contributed by atoms with van der Waals surface area (Å²) >= 11 is 0. The molecule has 1 unspecified atom stereocenters. The molecule has 0 radical (unpaired) electrons. The van der Waals surface area contributed by atoms with Crippen molar-refractivity contribution in [1.29, 1.82) is 0 Å². The molecule has 0 aromatic heterocycles. The lowest BCUT2D eigenvalue weighted by Crippen LogP contribution is -2.51. The minimum atomic E-state index is 0.0158. The number of nitrogens with one attached hydrogen (secondary N) is 1. The van der Waals surface area contributed by atoms with Gasteiger partial charge in [-0.3, -0.25) is 0 Å². The molecule has 1 saturated heterocycles. The largest absolute Gasteiger partial charge is 0.377 e. The average molecular weight is 304 g/mol. The summed E-state index contributed by atoms with van der Waals surface area (Å²) in [7, 11) is 0. The Morgan fingerprint density at radius 2 is 2.00 bits per heavy atom. The van der Waals surface area contributed by atoms with Crippen molar-refractivity contribution in [3.63, 3.8) is 0 Å². The molecule has 0 bridgehead atoms. The fourth-order valence-corrected chi connectivity index (χ4v) is 2.62. The molecule has 2 rings (SSSR count). The highest BCUT2D eigenvalue weighted by atomic mass is 16.5. The molecule has 1 atom stereocenters. The van der Waals surface area contributed by atoms with Crippen LogP contribution in [-0.4, -0.2) is 43.3 Å². The van der Waals surface area contributed by atoms with E-state index in [0.29, 0.717) is 26.3 Å². The molecule has 4 nitrogen and oxygen atoms in total. The van der Waals surface area contributed by atoms with E-state index in [9.17, 15) is 4.79 Å². The SMILES string of the molecule is CC1COCCN1C(=O)NCCc1ccc(C(C)(C)C)cc1. The normalized spacial score (nSPS) is 19.1. The van der Waals surface area contributed by atoms with E-state index in [-0.39, 0.29) is 17.5 Å². The molecule has 0 spiro atoms. The van der Waals surface area contributed by atoms with Gasteiger partial charge < -0.3 is 15.0 Å². The van der Waals surface area contributed by atoms with E-state index in [0.717, 1.165) is 6.42 Å². The Hall–Kier alpha value is -1.55. The van der Waals surface area contributed by atoms with E-state index in [1.165, 1.54) is 11.1 Å². The van der Waals surface area contributed by atoms with Crippen LogP contribution in [0.2, 0.25) is 0 Å². The van der Waals surface area contributed by atoms with Crippen LogP contribution in [0.4, 0.5) is 4.79 Å². The number of carbonyl (C=O) groups excluding carboxylic acids is 1. The first kappa shape index (κ1) is 16.8. The van der Waals surface area contributed by atoms with Gasteiger partial charge in [0.1, 0.15) is 0 Å². The Morgan fingerprint density at radius 1 is 1.32 bits per heavy atom. The van der Waals surface area contributed by atoms with E-state index >= 15 is 0 Å². The third-order valence-electron chi connectivity index (χ3n) is 4.14. The molecule has 122 valence electrons. The zero-order valence-electron chi connectivity index (χ0n) is 14.2. The second-order valence-electron chi connectivity index (χ2n) is 7.05. The van der Waals surface area contributed by atoms with Gasteiger partial charge in [0.05, 0.1) is 19.3 Å². The van der Waals surface area contributed by atoms with Crippen LogP contribution in [0.3, 0.4) is 0 Å². The molecule has 1 N–H and O–H groups in total. The Bertz CT molecular complexity index is 491. The number of ether oxygens (including phenoxy) is 1. The summed E-state index contributed by atoms with van der Waals surface area (Å²) in [5, 5.41) is 3.01. The second-order valence-corrected chi connectivity index (χ2v) is 7.05. The second kappa shape index (κ2) is 7.14. The van der Waals surface area contributed by atoms with Crippen LogP contribution in [0.1, 0.15) is 38.8 Å². The highest BCUT2D eigenvalue weighted by Gasteiger charge is 2.23. The fourth-order valence-electron chi connectivity index (χ4n) is 2.62. The topological polar surface area (TPSA) is 41.6 Å². The summed E-state index contributed by atoms with van der Waals surface area (Å²) in [6, 6.07) is 8.85. The molecule has 2 amide bonds. The highest BCUT2D eigenvalue weighted by molar-refractivity contribution is 5.74. The van der Waals surface area contributed by atoms with Crippen LogP contribution in [0.25, 0.3) is 0 Å². The van der Waals surface area contributed by atoms with E-state index in [2.05, 4.69) is 50.4 Å². The number of hydrogen-bond donors (Lipinski definition) is 1. The summed E-state index contributed by atoms with van der Waals surface area (Å²) in [4.78, 5) is 14.0. The minimum absolute atomic E-state index is 0.0158. The highest BCUT2D eigenvalue weighted by Crippen LogP contribution is 2.22. The molecule has 0 saturated carbocycles. The molecular formula is C18H28N2O2. The number of nitrogens with zero attached hydrogens (tertiary/aromatic N) is 1. The first-order chi connectivity index (χ1) is 10.4. The van der Waals surface area contributed by atoms with Gasteiger partial charge in [-0.25, -0.2) is 4.79 Å². The number of hydrogen-bond acceptors (Lipinski definition) is 2. The Morgan fingerprint density at radius 3 is 2.59 bits per heavy atom. The quantitative estimate of drug-likeness (QED) is 0.933. The number of urea groups is 1. The standard InChI is InChI=1S/C18H28N2O2/c1-14-13-22-12-11-20(14)17(21)19-10-9-15-5-7-16(8-6-15)18(2,3)4/h5-8,14H,9-13H2,1-4H3,(H,19,21). The van der Waals surface area contributed by atoms with Gasteiger partial charge in [0.2, 0.25) is 0 Å². The maximum Gasteiger partial charge on any atom is 0.317 e. The van der Waals surface area contributed by atoms with Crippen molar-refractivity contribution in [1.82, 2.24) is 10.2 Å². The molecule has 1 heterocycles.